The molecule has 7 nitrogen and oxygen atoms in total. The molecule has 0 radical (unpaired) electrons. The molecular formula is C12H14FN3O4. The van der Waals surface area contributed by atoms with Crippen LogP contribution in [0.5, 0.6) is 0 Å². The van der Waals surface area contributed by atoms with Crippen molar-refractivity contribution in [1.29, 1.82) is 0 Å². The van der Waals surface area contributed by atoms with Crippen LogP contribution < -0.4 is 5.73 Å². The van der Waals surface area contributed by atoms with E-state index in [4.69, 9.17) is 5.73 Å². The van der Waals surface area contributed by atoms with Gasteiger partial charge in [0.05, 0.1) is 11.0 Å². The van der Waals surface area contributed by atoms with Crippen molar-refractivity contribution in [3.05, 3.63) is 33.6 Å². The fourth-order valence-electron chi connectivity index (χ4n) is 2.26. The summed E-state index contributed by atoms with van der Waals surface area (Å²) in [4.78, 5) is 23.5. The molecule has 8 heteroatoms. The number of nitrogen functional groups attached to an aromatic ring is 1. The summed E-state index contributed by atoms with van der Waals surface area (Å²) in [7, 11) is 0. The molecule has 1 aromatic rings. The van der Waals surface area contributed by atoms with Crippen LogP contribution in [-0.2, 0) is 0 Å². The van der Waals surface area contributed by atoms with E-state index in [-0.39, 0.29) is 6.54 Å². The Kier molecular flexibility index (Phi) is 3.84. The Morgan fingerprint density at radius 2 is 2.25 bits per heavy atom. The maximum atomic E-state index is 13.8. The third kappa shape index (κ3) is 2.55. The molecule has 0 saturated carbocycles. The standard InChI is InChI=1S/C12H14FN3O4/c13-8-3-4-9(16(19)20)11(14)10(8)12(18)15-5-1-2-7(17)6-15/h3-4,7,17H,1-2,5-6,14H2. The summed E-state index contributed by atoms with van der Waals surface area (Å²) in [6.07, 6.45) is 0.482. The van der Waals surface area contributed by atoms with Crippen molar-refractivity contribution >= 4 is 17.3 Å². The summed E-state index contributed by atoms with van der Waals surface area (Å²) < 4.78 is 13.8. The van der Waals surface area contributed by atoms with Crippen LogP contribution >= 0.6 is 0 Å². The molecule has 1 saturated heterocycles. The van der Waals surface area contributed by atoms with Gasteiger partial charge in [-0.3, -0.25) is 14.9 Å². The summed E-state index contributed by atoms with van der Waals surface area (Å²) in [5, 5.41) is 20.3. The Labute approximate surface area is 113 Å². The summed E-state index contributed by atoms with van der Waals surface area (Å²) in [5.74, 6) is -1.64. The van der Waals surface area contributed by atoms with Gasteiger partial charge in [-0.15, -0.1) is 0 Å². The largest absolute Gasteiger partial charge is 0.392 e. The number of aliphatic hydroxyl groups is 1. The summed E-state index contributed by atoms with van der Waals surface area (Å²) in [5.41, 5.74) is 4.04. The highest BCUT2D eigenvalue weighted by atomic mass is 19.1. The zero-order chi connectivity index (χ0) is 14.9. The molecule has 1 heterocycles. The molecule has 1 aromatic carbocycles. The number of aliphatic hydroxyl groups excluding tert-OH is 1. The van der Waals surface area contributed by atoms with Crippen molar-refractivity contribution in [1.82, 2.24) is 4.90 Å². The van der Waals surface area contributed by atoms with Crippen LogP contribution in [0, 0.1) is 15.9 Å². The molecule has 108 valence electrons. The van der Waals surface area contributed by atoms with E-state index in [1.54, 1.807) is 0 Å². The van der Waals surface area contributed by atoms with Gasteiger partial charge in [-0.1, -0.05) is 0 Å². The van der Waals surface area contributed by atoms with Gasteiger partial charge in [-0.25, -0.2) is 4.39 Å². The second kappa shape index (κ2) is 5.41. The van der Waals surface area contributed by atoms with Gasteiger partial charge < -0.3 is 15.7 Å². The number of amides is 1. The number of hydrogen-bond donors (Lipinski definition) is 2. The number of rotatable bonds is 2. The maximum Gasteiger partial charge on any atom is 0.293 e. The first-order valence-electron chi connectivity index (χ1n) is 6.11. The number of halogens is 1. The molecule has 0 aromatic heterocycles. The molecule has 1 atom stereocenters. The van der Waals surface area contributed by atoms with Crippen molar-refractivity contribution in [3.63, 3.8) is 0 Å². The van der Waals surface area contributed by atoms with Gasteiger partial charge in [0, 0.05) is 19.2 Å². The number of benzene rings is 1. The lowest BCUT2D eigenvalue weighted by Crippen LogP contribution is -2.42. The zero-order valence-corrected chi connectivity index (χ0v) is 10.6. The smallest absolute Gasteiger partial charge is 0.293 e. The Morgan fingerprint density at radius 1 is 1.55 bits per heavy atom. The van der Waals surface area contributed by atoms with Gasteiger partial charge in [0.2, 0.25) is 0 Å². The number of carbonyl (C=O) groups is 1. The predicted molar refractivity (Wildman–Crippen MR) is 68.6 cm³/mol. The molecule has 1 fully saturated rings. The Balaban J connectivity index is 2.38. The van der Waals surface area contributed by atoms with Gasteiger partial charge in [-0.2, -0.15) is 0 Å². The third-order valence-electron chi connectivity index (χ3n) is 3.27. The first-order valence-corrected chi connectivity index (χ1v) is 6.11. The molecule has 2 rings (SSSR count). The van der Waals surface area contributed by atoms with E-state index < -0.39 is 39.7 Å². The van der Waals surface area contributed by atoms with E-state index in [2.05, 4.69) is 0 Å². The summed E-state index contributed by atoms with van der Waals surface area (Å²) >= 11 is 0. The lowest BCUT2D eigenvalue weighted by atomic mass is 10.0. The third-order valence-corrected chi connectivity index (χ3v) is 3.27. The SMILES string of the molecule is Nc1c([N+](=O)[O-])ccc(F)c1C(=O)N1CCCC(O)C1. The molecule has 20 heavy (non-hydrogen) atoms. The van der Waals surface area contributed by atoms with E-state index in [0.717, 1.165) is 12.1 Å². The highest BCUT2D eigenvalue weighted by molar-refractivity contribution is 6.01. The highest BCUT2D eigenvalue weighted by Crippen LogP contribution is 2.29. The lowest BCUT2D eigenvalue weighted by molar-refractivity contribution is -0.384. The van der Waals surface area contributed by atoms with E-state index in [1.807, 2.05) is 0 Å². The zero-order valence-electron chi connectivity index (χ0n) is 10.6. The van der Waals surface area contributed by atoms with Gasteiger partial charge in [0.25, 0.3) is 11.6 Å². The number of nitrogens with two attached hydrogens (primary N) is 1. The minimum atomic E-state index is -0.904. The number of carbonyl (C=O) groups excluding carboxylic acids is 1. The van der Waals surface area contributed by atoms with Crippen molar-refractivity contribution in [2.24, 2.45) is 0 Å². The molecule has 3 N–H and O–H groups in total. The number of piperidine rings is 1. The van der Waals surface area contributed by atoms with Crippen LogP contribution in [-0.4, -0.2) is 40.0 Å². The van der Waals surface area contributed by atoms with E-state index in [1.165, 1.54) is 4.90 Å². The quantitative estimate of drug-likeness (QED) is 0.476. The number of nitro groups is 1. The van der Waals surface area contributed by atoms with Crippen LogP contribution in [0.4, 0.5) is 15.8 Å². The van der Waals surface area contributed by atoms with Crippen LogP contribution in [0.3, 0.4) is 0 Å². The first kappa shape index (κ1) is 14.2. The van der Waals surface area contributed by atoms with Crippen LogP contribution in [0.2, 0.25) is 0 Å². The van der Waals surface area contributed by atoms with Gasteiger partial charge in [0.1, 0.15) is 17.1 Å². The number of nitro benzene ring substituents is 1. The van der Waals surface area contributed by atoms with Crippen molar-refractivity contribution in [2.75, 3.05) is 18.8 Å². The Hall–Kier alpha value is -2.22. The fourth-order valence-corrected chi connectivity index (χ4v) is 2.26. The highest BCUT2D eigenvalue weighted by Gasteiger charge is 2.29. The lowest BCUT2D eigenvalue weighted by Gasteiger charge is -2.30. The van der Waals surface area contributed by atoms with E-state index in [0.29, 0.717) is 19.4 Å². The van der Waals surface area contributed by atoms with E-state index in [9.17, 15) is 24.4 Å². The van der Waals surface area contributed by atoms with Gasteiger partial charge in [-0.05, 0) is 18.9 Å². The Morgan fingerprint density at radius 3 is 2.85 bits per heavy atom. The van der Waals surface area contributed by atoms with Crippen LogP contribution in [0.15, 0.2) is 12.1 Å². The number of likely N-dealkylation sites (tertiary alicyclic amines) is 1. The van der Waals surface area contributed by atoms with Gasteiger partial charge >= 0.3 is 0 Å². The second-order valence-electron chi connectivity index (χ2n) is 4.66. The number of hydrogen-bond acceptors (Lipinski definition) is 5. The minimum absolute atomic E-state index is 0.0698. The average molecular weight is 283 g/mol. The molecule has 0 bridgehead atoms. The average Bonchev–Trinajstić information content (AvgIpc) is 2.38. The van der Waals surface area contributed by atoms with Crippen molar-refractivity contribution in [3.8, 4) is 0 Å². The maximum absolute atomic E-state index is 13.8. The van der Waals surface area contributed by atoms with Gasteiger partial charge in [0.15, 0.2) is 0 Å². The first-order chi connectivity index (χ1) is 9.41. The molecular weight excluding hydrogens is 269 g/mol. The predicted octanol–water partition coefficient (Wildman–Crippen LogP) is 0.913. The molecule has 0 aliphatic carbocycles. The number of nitrogens with zero attached hydrogens (tertiary/aromatic N) is 2. The normalized spacial score (nSPS) is 18.9. The minimum Gasteiger partial charge on any atom is -0.392 e. The number of anilines is 1. The van der Waals surface area contributed by atoms with Crippen molar-refractivity contribution in [2.45, 2.75) is 18.9 Å². The fraction of sp³-hybridized carbons (Fsp3) is 0.417. The molecule has 1 amide bonds. The monoisotopic (exact) mass is 283 g/mol. The summed E-state index contributed by atoms with van der Waals surface area (Å²) in [6, 6.07) is 1.77. The summed E-state index contributed by atoms with van der Waals surface area (Å²) in [6.45, 7) is 0.428. The molecule has 0 spiro atoms. The molecule has 1 aliphatic heterocycles. The molecule has 1 unspecified atom stereocenters. The topological polar surface area (TPSA) is 110 Å². The van der Waals surface area contributed by atoms with Crippen molar-refractivity contribution < 1.29 is 19.2 Å². The molecule has 1 aliphatic rings. The number of β-amino-alcohol motifs (C(OH)–C–C–N with tert-alkyl or cyclic N) is 1. The van der Waals surface area contributed by atoms with E-state index >= 15 is 0 Å². The second-order valence-corrected chi connectivity index (χ2v) is 4.66. The van der Waals surface area contributed by atoms with Crippen LogP contribution in [0.25, 0.3) is 0 Å². The van der Waals surface area contributed by atoms with Crippen LogP contribution in [0.1, 0.15) is 23.2 Å². The Bertz CT molecular complexity index is 564.